The van der Waals surface area contributed by atoms with E-state index < -0.39 is 0 Å². The minimum atomic E-state index is -0.342. The van der Waals surface area contributed by atoms with E-state index in [2.05, 4.69) is 9.97 Å². The van der Waals surface area contributed by atoms with Gasteiger partial charge in [-0.25, -0.2) is 0 Å². The molecule has 1 N–H and O–H groups in total. The van der Waals surface area contributed by atoms with Crippen LogP contribution in [0.25, 0.3) is 0 Å². The second kappa shape index (κ2) is 3.44. The van der Waals surface area contributed by atoms with Crippen molar-refractivity contribution in [3.63, 3.8) is 0 Å². The highest BCUT2D eigenvalue weighted by atomic mass is 16.3. The quantitative estimate of drug-likeness (QED) is 0.678. The lowest BCUT2D eigenvalue weighted by Gasteiger charge is -2.04. The largest absolute Gasteiger partial charge is 0.393 e. The zero-order valence-corrected chi connectivity index (χ0v) is 6.78. The minimum Gasteiger partial charge on any atom is -0.393 e. The van der Waals surface area contributed by atoms with Gasteiger partial charge in [0, 0.05) is 18.8 Å². The molecular weight excluding hydrogens is 140 g/mol. The molecule has 1 aromatic rings. The summed E-state index contributed by atoms with van der Waals surface area (Å²) in [5, 5.41) is 9.06. The van der Waals surface area contributed by atoms with E-state index in [1.54, 1.807) is 19.3 Å². The molecule has 0 fully saturated rings. The smallest absolute Gasteiger partial charge is 0.0641 e. The Labute approximate surface area is 66.1 Å². The van der Waals surface area contributed by atoms with Gasteiger partial charge in [-0.2, -0.15) is 0 Å². The van der Waals surface area contributed by atoms with Crippen LogP contribution in [0.3, 0.4) is 0 Å². The highest BCUT2D eigenvalue weighted by Gasteiger charge is 2.02. The van der Waals surface area contributed by atoms with Crippen molar-refractivity contribution in [1.82, 2.24) is 9.97 Å². The zero-order chi connectivity index (χ0) is 8.27. The molecule has 0 aliphatic carbocycles. The maximum absolute atomic E-state index is 9.06. The Balaban J connectivity index is 2.78. The second-order valence-corrected chi connectivity index (χ2v) is 2.64. The fraction of sp³-hybridized carbons (Fsp3) is 0.500. The van der Waals surface area contributed by atoms with E-state index in [1.165, 1.54) is 0 Å². The van der Waals surface area contributed by atoms with Crippen LogP contribution < -0.4 is 0 Å². The van der Waals surface area contributed by atoms with Gasteiger partial charge in [0.15, 0.2) is 0 Å². The number of aromatic nitrogens is 2. The molecule has 3 nitrogen and oxygen atoms in total. The van der Waals surface area contributed by atoms with Crippen molar-refractivity contribution in [1.29, 1.82) is 0 Å². The van der Waals surface area contributed by atoms with Crippen molar-refractivity contribution in [2.24, 2.45) is 0 Å². The normalized spacial score (nSPS) is 13.0. The minimum absolute atomic E-state index is 0.342. The zero-order valence-electron chi connectivity index (χ0n) is 6.78. The summed E-state index contributed by atoms with van der Waals surface area (Å²) in [5.74, 6) is 0. The summed E-state index contributed by atoms with van der Waals surface area (Å²) >= 11 is 0. The van der Waals surface area contributed by atoms with Crippen molar-refractivity contribution in [2.75, 3.05) is 0 Å². The molecule has 0 radical (unpaired) electrons. The van der Waals surface area contributed by atoms with Crippen molar-refractivity contribution in [3.8, 4) is 0 Å². The van der Waals surface area contributed by atoms with Gasteiger partial charge in [0.05, 0.1) is 17.5 Å². The van der Waals surface area contributed by atoms with Crippen molar-refractivity contribution >= 4 is 0 Å². The van der Waals surface area contributed by atoms with Crippen LogP contribution in [0.15, 0.2) is 12.4 Å². The lowest BCUT2D eigenvalue weighted by Crippen LogP contribution is -2.08. The average molecular weight is 152 g/mol. The Bertz CT molecular complexity index is 235. The first-order chi connectivity index (χ1) is 5.20. The standard InChI is InChI=1S/C8H12N2O/c1-6(11)5-8-7(2)9-3-4-10-8/h3-4,6,11H,5H2,1-2H3. The number of aryl methyl sites for hydroxylation is 1. The molecule has 11 heavy (non-hydrogen) atoms. The first-order valence-electron chi connectivity index (χ1n) is 3.64. The first-order valence-corrected chi connectivity index (χ1v) is 3.64. The highest BCUT2D eigenvalue weighted by Crippen LogP contribution is 2.02. The van der Waals surface area contributed by atoms with Gasteiger partial charge in [-0.05, 0) is 13.8 Å². The third kappa shape index (κ3) is 2.27. The van der Waals surface area contributed by atoms with E-state index in [0.717, 1.165) is 11.4 Å². The van der Waals surface area contributed by atoms with Gasteiger partial charge >= 0.3 is 0 Å². The van der Waals surface area contributed by atoms with Gasteiger partial charge in [-0.1, -0.05) is 0 Å². The maximum atomic E-state index is 9.06. The van der Waals surface area contributed by atoms with Crippen molar-refractivity contribution in [3.05, 3.63) is 23.8 Å². The highest BCUT2D eigenvalue weighted by molar-refractivity contribution is 5.08. The molecule has 0 amide bonds. The molecule has 60 valence electrons. The van der Waals surface area contributed by atoms with Crippen molar-refractivity contribution < 1.29 is 5.11 Å². The van der Waals surface area contributed by atoms with Gasteiger partial charge in [0.2, 0.25) is 0 Å². The molecular formula is C8H12N2O. The predicted molar refractivity (Wildman–Crippen MR) is 42.2 cm³/mol. The topological polar surface area (TPSA) is 46.0 Å². The lowest BCUT2D eigenvalue weighted by molar-refractivity contribution is 0.194. The van der Waals surface area contributed by atoms with Gasteiger partial charge in [0.25, 0.3) is 0 Å². The van der Waals surface area contributed by atoms with Crippen LogP contribution in [0.5, 0.6) is 0 Å². The number of aliphatic hydroxyl groups excluding tert-OH is 1. The Morgan fingerprint density at radius 1 is 1.45 bits per heavy atom. The summed E-state index contributed by atoms with van der Waals surface area (Å²) in [7, 11) is 0. The van der Waals surface area contributed by atoms with E-state index in [1.807, 2.05) is 6.92 Å². The van der Waals surface area contributed by atoms with Crippen molar-refractivity contribution in [2.45, 2.75) is 26.4 Å². The van der Waals surface area contributed by atoms with Crippen LogP contribution >= 0.6 is 0 Å². The summed E-state index contributed by atoms with van der Waals surface area (Å²) in [6.45, 7) is 3.64. The molecule has 1 heterocycles. The molecule has 1 rings (SSSR count). The summed E-state index contributed by atoms with van der Waals surface area (Å²) in [5.41, 5.74) is 1.77. The molecule has 0 aromatic carbocycles. The Morgan fingerprint density at radius 3 is 2.64 bits per heavy atom. The number of rotatable bonds is 2. The Morgan fingerprint density at radius 2 is 2.09 bits per heavy atom. The van der Waals surface area contributed by atoms with Gasteiger partial charge < -0.3 is 5.11 Å². The SMILES string of the molecule is Cc1nccnc1CC(C)O. The third-order valence-electron chi connectivity index (χ3n) is 1.47. The molecule has 0 spiro atoms. The van der Waals surface area contributed by atoms with Crippen LogP contribution in [0.4, 0.5) is 0 Å². The Kier molecular flexibility index (Phi) is 2.54. The number of hydrogen-bond acceptors (Lipinski definition) is 3. The van der Waals surface area contributed by atoms with Gasteiger partial charge in [0.1, 0.15) is 0 Å². The number of hydrogen-bond donors (Lipinski definition) is 1. The molecule has 0 aliphatic heterocycles. The molecule has 0 aliphatic rings. The van der Waals surface area contributed by atoms with Crippen LogP contribution in [0.1, 0.15) is 18.3 Å². The molecule has 0 saturated carbocycles. The summed E-state index contributed by atoms with van der Waals surface area (Å²) in [6.07, 6.45) is 3.54. The summed E-state index contributed by atoms with van der Waals surface area (Å²) in [4.78, 5) is 8.15. The molecule has 1 aromatic heterocycles. The van der Waals surface area contributed by atoms with Crippen LogP contribution in [0.2, 0.25) is 0 Å². The average Bonchev–Trinajstić information content (AvgIpc) is 1.93. The predicted octanol–water partition coefficient (Wildman–Crippen LogP) is 0.708. The van der Waals surface area contributed by atoms with Crippen LogP contribution in [-0.2, 0) is 6.42 Å². The molecule has 0 bridgehead atoms. The molecule has 1 atom stereocenters. The van der Waals surface area contributed by atoms with Crippen LogP contribution in [-0.4, -0.2) is 21.2 Å². The monoisotopic (exact) mass is 152 g/mol. The van der Waals surface area contributed by atoms with E-state index in [9.17, 15) is 0 Å². The summed E-state index contributed by atoms with van der Waals surface area (Å²) < 4.78 is 0. The number of nitrogens with zero attached hydrogens (tertiary/aromatic N) is 2. The lowest BCUT2D eigenvalue weighted by atomic mass is 10.2. The van der Waals surface area contributed by atoms with Crippen LogP contribution in [0, 0.1) is 6.92 Å². The Hall–Kier alpha value is -0.960. The molecule has 1 unspecified atom stereocenters. The summed E-state index contributed by atoms with van der Waals surface area (Å²) in [6, 6.07) is 0. The third-order valence-corrected chi connectivity index (χ3v) is 1.47. The number of aliphatic hydroxyl groups is 1. The molecule has 0 saturated heterocycles. The van der Waals surface area contributed by atoms with E-state index >= 15 is 0 Å². The van der Waals surface area contributed by atoms with Gasteiger partial charge in [-0.3, -0.25) is 9.97 Å². The van der Waals surface area contributed by atoms with E-state index in [-0.39, 0.29) is 6.10 Å². The fourth-order valence-electron chi connectivity index (χ4n) is 0.917. The first kappa shape index (κ1) is 8.14. The fourth-order valence-corrected chi connectivity index (χ4v) is 0.917. The van der Waals surface area contributed by atoms with E-state index in [4.69, 9.17) is 5.11 Å². The maximum Gasteiger partial charge on any atom is 0.0641 e. The second-order valence-electron chi connectivity index (χ2n) is 2.64. The molecule has 3 heteroatoms. The van der Waals surface area contributed by atoms with E-state index in [0.29, 0.717) is 6.42 Å². The van der Waals surface area contributed by atoms with Gasteiger partial charge in [-0.15, -0.1) is 0 Å².